The average molecular weight is 384 g/mol. The van der Waals surface area contributed by atoms with Crippen molar-refractivity contribution in [3.05, 3.63) is 41.7 Å². The third-order valence-electron chi connectivity index (χ3n) is 3.81. The zero-order valence-electron chi connectivity index (χ0n) is 15.6. The summed E-state index contributed by atoms with van der Waals surface area (Å²) in [7, 11) is 0. The maximum Gasteiger partial charge on any atom is 0.291 e. The maximum atomic E-state index is 14.1. The third-order valence-corrected chi connectivity index (χ3v) is 3.81. The van der Waals surface area contributed by atoms with Crippen LogP contribution >= 0.6 is 12.4 Å². The standard InChI is InChI=1S/C18H26FN5O.ClH/c1-11(2)9-13(10-20)21-18(25)16-22-17(12(3)4)24(23-16)15-8-6-5-7-14(15)19;/h5-8,11-13H,9-10,20H2,1-4H3,(H,21,25);1H. The van der Waals surface area contributed by atoms with E-state index in [0.29, 0.717) is 18.3 Å². The van der Waals surface area contributed by atoms with E-state index in [0.717, 1.165) is 6.42 Å². The molecule has 0 radical (unpaired) electrons. The van der Waals surface area contributed by atoms with Crippen LogP contribution in [0.25, 0.3) is 5.69 Å². The Balaban J connectivity index is 0.00000338. The van der Waals surface area contributed by atoms with Crippen molar-refractivity contribution in [2.45, 2.75) is 46.1 Å². The first-order valence-corrected chi connectivity index (χ1v) is 8.56. The van der Waals surface area contributed by atoms with Crippen LogP contribution in [0.4, 0.5) is 4.39 Å². The van der Waals surface area contributed by atoms with Gasteiger partial charge in [-0.2, -0.15) is 0 Å². The molecule has 0 aliphatic carbocycles. The molecule has 1 atom stereocenters. The fourth-order valence-corrected chi connectivity index (χ4v) is 2.63. The van der Waals surface area contributed by atoms with Crippen molar-refractivity contribution >= 4 is 18.3 Å². The van der Waals surface area contributed by atoms with E-state index in [2.05, 4.69) is 29.2 Å². The molecule has 1 amide bonds. The molecule has 144 valence electrons. The summed E-state index contributed by atoms with van der Waals surface area (Å²) in [5.41, 5.74) is 6.00. The lowest BCUT2D eigenvalue weighted by molar-refractivity contribution is 0.0923. The number of amides is 1. The minimum Gasteiger partial charge on any atom is -0.345 e. The highest BCUT2D eigenvalue weighted by atomic mass is 35.5. The van der Waals surface area contributed by atoms with Gasteiger partial charge in [0, 0.05) is 18.5 Å². The van der Waals surface area contributed by atoms with Gasteiger partial charge in [0.1, 0.15) is 17.3 Å². The van der Waals surface area contributed by atoms with E-state index in [-0.39, 0.29) is 35.9 Å². The Morgan fingerprint density at radius 1 is 1.27 bits per heavy atom. The molecular weight excluding hydrogens is 357 g/mol. The Bertz CT molecular complexity index is 732. The van der Waals surface area contributed by atoms with E-state index in [1.807, 2.05) is 13.8 Å². The Hall–Kier alpha value is -1.99. The zero-order valence-corrected chi connectivity index (χ0v) is 16.4. The lowest BCUT2D eigenvalue weighted by Gasteiger charge is -2.17. The largest absolute Gasteiger partial charge is 0.345 e. The highest BCUT2D eigenvalue weighted by Crippen LogP contribution is 2.19. The van der Waals surface area contributed by atoms with Crippen molar-refractivity contribution < 1.29 is 9.18 Å². The summed E-state index contributed by atoms with van der Waals surface area (Å²) in [6.07, 6.45) is 0.771. The van der Waals surface area contributed by atoms with Gasteiger partial charge in [0.15, 0.2) is 0 Å². The summed E-state index contributed by atoms with van der Waals surface area (Å²) >= 11 is 0. The van der Waals surface area contributed by atoms with Gasteiger partial charge in [0.05, 0.1) is 0 Å². The molecule has 0 saturated carbocycles. The maximum absolute atomic E-state index is 14.1. The van der Waals surface area contributed by atoms with Crippen LogP contribution in [0, 0.1) is 11.7 Å². The molecule has 1 heterocycles. The Labute approximate surface area is 159 Å². The summed E-state index contributed by atoms with van der Waals surface area (Å²) in [6, 6.07) is 6.15. The Morgan fingerprint density at radius 2 is 1.92 bits per heavy atom. The average Bonchev–Trinajstić information content (AvgIpc) is 2.99. The van der Waals surface area contributed by atoms with Gasteiger partial charge in [-0.25, -0.2) is 14.1 Å². The van der Waals surface area contributed by atoms with E-state index in [1.54, 1.807) is 18.2 Å². The van der Waals surface area contributed by atoms with E-state index < -0.39 is 11.7 Å². The molecule has 6 nitrogen and oxygen atoms in total. The van der Waals surface area contributed by atoms with Gasteiger partial charge in [-0.05, 0) is 24.5 Å². The third kappa shape index (κ3) is 5.25. The smallest absolute Gasteiger partial charge is 0.291 e. The van der Waals surface area contributed by atoms with Gasteiger partial charge < -0.3 is 11.1 Å². The fraction of sp³-hybridized carbons (Fsp3) is 0.500. The quantitative estimate of drug-likeness (QED) is 0.769. The van der Waals surface area contributed by atoms with E-state index in [4.69, 9.17) is 5.73 Å². The van der Waals surface area contributed by atoms with Crippen molar-refractivity contribution in [2.24, 2.45) is 11.7 Å². The van der Waals surface area contributed by atoms with Gasteiger partial charge in [0.2, 0.25) is 5.82 Å². The Kier molecular flexibility index (Phi) is 8.17. The van der Waals surface area contributed by atoms with Crippen LogP contribution in [0.5, 0.6) is 0 Å². The molecule has 0 aliphatic heterocycles. The van der Waals surface area contributed by atoms with Crippen LogP contribution in [-0.4, -0.2) is 33.3 Å². The first-order valence-electron chi connectivity index (χ1n) is 8.56. The van der Waals surface area contributed by atoms with Crippen molar-refractivity contribution in [2.75, 3.05) is 6.54 Å². The van der Waals surface area contributed by atoms with E-state index in [1.165, 1.54) is 10.7 Å². The molecule has 0 fully saturated rings. The monoisotopic (exact) mass is 383 g/mol. The van der Waals surface area contributed by atoms with Crippen LogP contribution in [0.15, 0.2) is 24.3 Å². The number of halogens is 2. The lowest BCUT2D eigenvalue weighted by Crippen LogP contribution is -2.41. The van der Waals surface area contributed by atoms with E-state index >= 15 is 0 Å². The predicted molar refractivity (Wildman–Crippen MR) is 102 cm³/mol. The van der Waals surface area contributed by atoms with Gasteiger partial charge in [-0.3, -0.25) is 4.79 Å². The number of nitrogens with zero attached hydrogens (tertiary/aromatic N) is 3. The molecule has 0 saturated heterocycles. The summed E-state index contributed by atoms with van der Waals surface area (Å²) in [4.78, 5) is 16.8. The highest BCUT2D eigenvalue weighted by Gasteiger charge is 2.22. The number of carbonyl (C=O) groups is 1. The van der Waals surface area contributed by atoms with Gasteiger partial charge >= 0.3 is 0 Å². The summed E-state index contributed by atoms with van der Waals surface area (Å²) in [5, 5.41) is 7.11. The number of benzene rings is 1. The molecule has 1 aromatic heterocycles. The SMILES string of the molecule is CC(C)CC(CN)NC(=O)c1nc(C(C)C)n(-c2ccccc2F)n1.Cl. The van der Waals surface area contributed by atoms with Crippen molar-refractivity contribution in [3.8, 4) is 5.69 Å². The van der Waals surface area contributed by atoms with Crippen LogP contribution in [0.3, 0.4) is 0 Å². The first-order chi connectivity index (χ1) is 11.8. The van der Waals surface area contributed by atoms with Crippen LogP contribution in [0.2, 0.25) is 0 Å². The van der Waals surface area contributed by atoms with Gasteiger partial charge in [-0.15, -0.1) is 17.5 Å². The number of para-hydroxylation sites is 1. The topological polar surface area (TPSA) is 85.8 Å². The first kappa shape index (κ1) is 22.1. The summed E-state index contributed by atoms with van der Waals surface area (Å²) in [5.74, 6) is 0.130. The molecule has 0 bridgehead atoms. The number of aromatic nitrogens is 3. The molecule has 0 aliphatic rings. The molecule has 0 spiro atoms. The second-order valence-corrected chi connectivity index (χ2v) is 6.85. The molecule has 26 heavy (non-hydrogen) atoms. The lowest BCUT2D eigenvalue weighted by atomic mass is 10.0. The molecule has 8 heteroatoms. The predicted octanol–water partition coefficient (Wildman–Crippen LogP) is 3.05. The second-order valence-electron chi connectivity index (χ2n) is 6.85. The van der Waals surface area contributed by atoms with Gasteiger partial charge in [-0.1, -0.05) is 39.8 Å². The Morgan fingerprint density at radius 3 is 2.46 bits per heavy atom. The van der Waals surface area contributed by atoms with Crippen molar-refractivity contribution in [1.29, 1.82) is 0 Å². The highest BCUT2D eigenvalue weighted by molar-refractivity contribution is 5.90. The normalized spacial score (nSPS) is 12.2. The summed E-state index contributed by atoms with van der Waals surface area (Å²) in [6.45, 7) is 8.32. The van der Waals surface area contributed by atoms with Crippen molar-refractivity contribution in [3.63, 3.8) is 0 Å². The van der Waals surface area contributed by atoms with E-state index in [9.17, 15) is 9.18 Å². The van der Waals surface area contributed by atoms with Gasteiger partial charge in [0.25, 0.3) is 5.91 Å². The van der Waals surface area contributed by atoms with Crippen molar-refractivity contribution in [1.82, 2.24) is 20.1 Å². The number of carbonyl (C=O) groups excluding carboxylic acids is 1. The summed E-state index contributed by atoms with van der Waals surface area (Å²) < 4.78 is 15.5. The number of hydrogen-bond donors (Lipinski definition) is 2. The minimum atomic E-state index is -0.416. The number of hydrogen-bond acceptors (Lipinski definition) is 4. The molecule has 1 unspecified atom stereocenters. The number of rotatable bonds is 7. The fourth-order valence-electron chi connectivity index (χ4n) is 2.63. The number of nitrogens with one attached hydrogen (secondary N) is 1. The molecule has 2 rings (SSSR count). The zero-order chi connectivity index (χ0) is 18.6. The molecule has 3 N–H and O–H groups in total. The number of nitrogens with two attached hydrogens (primary N) is 1. The molecule has 1 aromatic carbocycles. The second kappa shape index (κ2) is 9.64. The molecular formula is C18H27ClFN5O. The minimum absolute atomic E-state index is 0. The van der Waals surface area contributed by atoms with Crippen LogP contribution < -0.4 is 11.1 Å². The molecule has 2 aromatic rings. The van der Waals surface area contributed by atoms with Crippen LogP contribution in [0.1, 0.15) is 56.5 Å². The van der Waals surface area contributed by atoms with Crippen LogP contribution in [-0.2, 0) is 0 Å².